The van der Waals surface area contributed by atoms with Crippen molar-refractivity contribution in [1.29, 1.82) is 0 Å². The first-order valence-corrected chi connectivity index (χ1v) is 9.62. The van der Waals surface area contributed by atoms with Gasteiger partial charge in [0.05, 0.1) is 6.67 Å². The molecule has 1 unspecified atom stereocenters. The summed E-state index contributed by atoms with van der Waals surface area (Å²) in [5.41, 5.74) is 7.09. The lowest BCUT2D eigenvalue weighted by atomic mass is 9.96. The van der Waals surface area contributed by atoms with Crippen LogP contribution < -0.4 is 9.80 Å². The number of nitrogens with zero attached hydrogens (tertiary/aromatic N) is 2. The molecule has 2 aliphatic heterocycles. The highest BCUT2D eigenvalue weighted by atomic mass is 79.9. The summed E-state index contributed by atoms with van der Waals surface area (Å²) < 4.78 is 1.13. The zero-order valence-corrected chi connectivity index (χ0v) is 15.9. The van der Waals surface area contributed by atoms with Gasteiger partial charge in [0, 0.05) is 28.9 Å². The van der Waals surface area contributed by atoms with Gasteiger partial charge >= 0.3 is 0 Å². The van der Waals surface area contributed by atoms with Gasteiger partial charge in [0.15, 0.2) is 0 Å². The van der Waals surface area contributed by atoms with Gasteiger partial charge in [0.25, 0.3) is 0 Å². The Morgan fingerprint density at radius 2 is 1.42 bits per heavy atom. The van der Waals surface area contributed by atoms with Gasteiger partial charge < -0.3 is 14.9 Å². The monoisotopic (exact) mass is 406 g/mol. The maximum Gasteiger partial charge on any atom is 0.104 e. The third kappa shape index (κ3) is 2.61. The summed E-state index contributed by atoms with van der Waals surface area (Å²) in [7, 11) is 0. The van der Waals surface area contributed by atoms with Gasteiger partial charge in [-0.05, 0) is 52.6 Å². The van der Waals surface area contributed by atoms with Gasteiger partial charge in [-0.3, -0.25) is 0 Å². The Morgan fingerprint density at radius 3 is 2.15 bits per heavy atom. The molecule has 0 saturated heterocycles. The first-order chi connectivity index (χ1) is 12.7. The van der Waals surface area contributed by atoms with Crippen molar-refractivity contribution in [2.45, 2.75) is 19.2 Å². The minimum atomic E-state index is -0.587. The zero-order valence-electron chi connectivity index (χ0n) is 14.3. The fraction of sp³-hybridized carbons (Fsp3) is 0.182. The van der Waals surface area contributed by atoms with Crippen LogP contribution in [0.2, 0.25) is 0 Å². The third-order valence-electron chi connectivity index (χ3n) is 5.32. The maximum absolute atomic E-state index is 10.8. The highest BCUT2D eigenvalue weighted by Crippen LogP contribution is 2.40. The molecule has 130 valence electrons. The Labute approximate surface area is 161 Å². The van der Waals surface area contributed by atoms with Crippen LogP contribution in [0.3, 0.4) is 0 Å². The number of benzene rings is 3. The van der Waals surface area contributed by atoms with Gasteiger partial charge in [0.1, 0.15) is 6.10 Å². The number of halogens is 1. The fourth-order valence-electron chi connectivity index (χ4n) is 4.07. The average molecular weight is 407 g/mol. The highest BCUT2D eigenvalue weighted by molar-refractivity contribution is 9.10. The number of anilines is 2. The molecule has 26 heavy (non-hydrogen) atoms. The largest absolute Gasteiger partial charge is 0.384 e. The number of rotatable bonds is 2. The van der Waals surface area contributed by atoms with Crippen LogP contribution in [0.25, 0.3) is 0 Å². The third-order valence-corrected chi connectivity index (χ3v) is 5.81. The molecule has 0 aliphatic carbocycles. The maximum atomic E-state index is 10.8. The molecular weight excluding hydrogens is 388 g/mol. The molecule has 0 saturated carbocycles. The van der Waals surface area contributed by atoms with Crippen LogP contribution in [0.15, 0.2) is 71.2 Å². The number of aliphatic hydroxyl groups excluding tert-OH is 1. The van der Waals surface area contributed by atoms with Gasteiger partial charge in [-0.15, -0.1) is 0 Å². The standard InChI is InChI=1S/C22H19BrN2O/c23-19-7-9-21-18(11-19)13-25-14-24(21)12-17-10-16(6-8-20(17)25)22(26)15-4-2-1-3-5-15/h1-11,22,26H,12-14H2. The van der Waals surface area contributed by atoms with E-state index >= 15 is 0 Å². The van der Waals surface area contributed by atoms with E-state index < -0.39 is 6.10 Å². The summed E-state index contributed by atoms with van der Waals surface area (Å²) >= 11 is 3.58. The van der Waals surface area contributed by atoms with Crippen LogP contribution in [0.5, 0.6) is 0 Å². The first-order valence-electron chi connectivity index (χ1n) is 8.83. The summed E-state index contributed by atoms with van der Waals surface area (Å²) in [5.74, 6) is 0. The molecule has 0 radical (unpaired) electrons. The molecule has 1 N–H and O–H groups in total. The molecule has 2 bridgehead atoms. The van der Waals surface area contributed by atoms with E-state index in [2.05, 4.69) is 62.1 Å². The Balaban J connectivity index is 1.51. The predicted molar refractivity (Wildman–Crippen MR) is 108 cm³/mol. The minimum absolute atomic E-state index is 0.587. The second-order valence-corrected chi connectivity index (χ2v) is 7.93. The lowest BCUT2D eigenvalue weighted by Gasteiger charge is -2.45. The van der Waals surface area contributed by atoms with Crippen molar-refractivity contribution < 1.29 is 5.11 Å². The van der Waals surface area contributed by atoms with E-state index in [9.17, 15) is 5.11 Å². The molecule has 2 aliphatic rings. The number of hydrogen-bond acceptors (Lipinski definition) is 3. The summed E-state index contributed by atoms with van der Waals surface area (Å²) in [4.78, 5) is 4.82. The van der Waals surface area contributed by atoms with Gasteiger partial charge in [-0.2, -0.15) is 0 Å². The van der Waals surface area contributed by atoms with E-state index in [4.69, 9.17) is 0 Å². The molecule has 1 atom stereocenters. The van der Waals surface area contributed by atoms with Crippen LogP contribution in [0.1, 0.15) is 28.4 Å². The normalized spacial score (nSPS) is 16.1. The van der Waals surface area contributed by atoms with E-state index in [-0.39, 0.29) is 0 Å². The second kappa shape index (κ2) is 6.15. The summed E-state index contributed by atoms with van der Waals surface area (Å²) in [6, 6.07) is 22.8. The van der Waals surface area contributed by atoms with Crippen molar-refractivity contribution in [1.82, 2.24) is 0 Å². The van der Waals surface area contributed by atoms with Crippen LogP contribution in [0.4, 0.5) is 11.4 Å². The molecule has 0 aromatic heterocycles. The lowest BCUT2D eigenvalue weighted by Crippen LogP contribution is -2.46. The van der Waals surface area contributed by atoms with Crippen LogP contribution in [0, 0.1) is 0 Å². The fourth-order valence-corrected chi connectivity index (χ4v) is 4.48. The van der Waals surface area contributed by atoms with Gasteiger partial charge in [-0.25, -0.2) is 0 Å². The van der Waals surface area contributed by atoms with E-state index in [0.29, 0.717) is 0 Å². The Morgan fingerprint density at radius 1 is 0.769 bits per heavy atom. The minimum Gasteiger partial charge on any atom is -0.384 e. The zero-order chi connectivity index (χ0) is 17.7. The van der Waals surface area contributed by atoms with Crippen LogP contribution in [-0.4, -0.2) is 11.8 Å². The number of hydrogen-bond donors (Lipinski definition) is 1. The molecule has 0 spiro atoms. The number of fused-ring (bicyclic) bond motifs is 6. The van der Waals surface area contributed by atoms with E-state index in [0.717, 1.165) is 35.4 Å². The van der Waals surface area contributed by atoms with Crippen LogP contribution >= 0.6 is 15.9 Å². The molecule has 3 aromatic carbocycles. The van der Waals surface area contributed by atoms with Crippen molar-refractivity contribution in [2.24, 2.45) is 0 Å². The summed E-state index contributed by atoms with van der Waals surface area (Å²) in [5, 5.41) is 10.8. The Hall–Kier alpha value is -2.30. The number of aliphatic hydroxyl groups is 1. The Kier molecular flexibility index (Phi) is 3.76. The lowest BCUT2D eigenvalue weighted by molar-refractivity contribution is 0.220. The van der Waals surface area contributed by atoms with Crippen LogP contribution in [-0.2, 0) is 13.1 Å². The van der Waals surface area contributed by atoms with Crippen molar-refractivity contribution in [2.75, 3.05) is 16.5 Å². The van der Waals surface area contributed by atoms with E-state index in [1.807, 2.05) is 30.3 Å². The van der Waals surface area contributed by atoms with E-state index in [1.165, 1.54) is 22.5 Å². The van der Waals surface area contributed by atoms with Gasteiger partial charge in [0.2, 0.25) is 0 Å². The average Bonchev–Trinajstić information content (AvgIpc) is 2.67. The van der Waals surface area contributed by atoms with Crippen molar-refractivity contribution in [3.05, 3.63) is 93.5 Å². The molecule has 2 heterocycles. The summed E-state index contributed by atoms with van der Waals surface area (Å²) in [6.07, 6.45) is -0.587. The smallest absolute Gasteiger partial charge is 0.104 e. The quantitative estimate of drug-likeness (QED) is 0.660. The summed E-state index contributed by atoms with van der Waals surface area (Å²) in [6.45, 7) is 2.71. The molecule has 5 rings (SSSR count). The molecular formula is C22H19BrN2O. The van der Waals surface area contributed by atoms with Crippen molar-refractivity contribution in [3.8, 4) is 0 Å². The molecule has 0 amide bonds. The van der Waals surface area contributed by atoms with Crippen molar-refractivity contribution in [3.63, 3.8) is 0 Å². The molecule has 3 nitrogen and oxygen atoms in total. The molecule has 4 heteroatoms. The van der Waals surface area contributed by atoms with E-state index in [1.54, 1.807) is 0 Å². The van der Waals surface area contributed by atoms with Gasteiger partial charge in [-0.1, -0.05) is 52.3 Å². The predicted octanol–water partition coefficient (Wildman–Crippen LogP) is 4.83. The van der Waals surface area contributed by atoms with Crippen molar-refractivity contribution >= 4 is 27.3 Å². The highest BCUT2D eigenvalue weighted by Gasteiger charge is 2.29. The molecule has 3 aromatic rings. The first kappa shape index (κ1) is 15.9. The molecule has 0 fully saturated rings. The second-order valence-electron chi connectivity index (χ2n) is 7.01. The topological polar surface area (TPSA) is 26.7 Å². The SMILES string of the molecule is OC(c1ccccc1)c1ccc2c(c1)CN1CN2Cc2cc(Br)ccc21. The Bertz CT molecular complexity index is 973.